The van der Waals surface area contributed by atoms with Crippen molar-refractivity contribution in [3.63, 3.8) is 0 Å². The van der Waals surface area contributed by atoms with Crippen LogP contribution < -0.4 is 20.2 Å². The Morgan fingerprint density at radius 3 is 2.47 bits per heavy atom. The molecule has 3 aromatic rings. The smallest absolute Gasteiger partial charge is 0.262 e. The van der Waals surface area contributed by atoms with Crippen molar-refractivity contribution >= 4 is 41.2 Å². The van der Waals surface area contributed by atoms with Crippen molar-refractivity contribution in [2.45, 2.75) is 25.5 Å². The molecule has 188 valence electrons. The number of phenols is 1. The molecule has 0 aromatic heterocycles. The maximum atomic E-state index is 13.0. The maximum Gasteiger partial charge on any atom is 0.262 e. The van der Waals surface area contributed by atoms with Gasteiger partial charge in [0, 0.05) is 17.0 Å². The third-order valence-electron chi connectivity index (χ3n) is 5.11. The summed E-state index contributed by atoms with van der Waals surface area (Å²) in [4.78, 5) is 25.8. The fourth-order valence-corrected chi connectivity index (χ4v) is 3.67. The Balaban J connectivity index is 1.71. The van der Waals surface area contributed by atoms with Crippen molar-refractivity contribution in [3.05, 3.63) is 87.9 Å². The Labute approximate surface area is 218 Å². The van der Waals surface area contributed by atoms with Gasteiger partial charge in [-0.25, -0.2) is 5.43 Å². The van der Waals surface area contributed by atoms with E-state index in [1.165, 1.54) is 19.4 Å². The second kappa shape index (κ2) is 12.8. The van der Waals surface area contributed by atoms with Gasteiger partial charge in [0.1, 0.15) is 11.8 Å². The molecular weight excluding hydrogens is 505 g/mol. The highest BCUT2D eigenvalue weighted by Gasteiger charge is 2.25. The largest absolute Gasteiger partial charge is 0.504 e. The molecule has 0 bridgehead atoms. The topological polar surface area (TPSA) is 109 Å². The number of nitrogens with one attached hydrogen (secondary N) is 2. The molecule has 0 spiro atoms. The summed E-state index contributed by atoms with van der Waals surface area (Å²) in [5.41, 5.74) is 3.60. The number of para-hydroxylation sites is 1. The van der Waals surface area contributed by atoms with E-state index in [2.05, 4.69) is 15.8 Å². The number of amides is 2. The summed E-state index contributed by atoms with van der Waals surface area (Å²) in [6, 6.07) is 17.8. The van der Waals surface area contributed by atoms with E-state index in [0.717, 1.165) is 5.56 Å². The fourth-order valence-electron chi connectivity index (χ4n) is 3.21. The van der Waals surface area contributed by atoms with Gasteiger partial charge < -0.3 is 19.9 Å². The summed E-state index contributed by atoms with van der Waals surface area (Å²) in [5.74, 6) is -0.627. The van der Waals surface area contributed by atoms with Crippen molar-refractivity contribution in [1.29, 1.82) is 0 Å². The number of aromatic hydroxyl groups is 1. The summed E-state index contributed by atoms with van der Waals surface area (Å²) in [5, 5.41) is 17.5. The summed E-state index contributed by atoms with van der Waals surface area (Å²) >= 11 is 12.0. The number of hydrogen-bond acceptors (Lipinski definition) is 6. The summed E-state index contributed by atoms with van der Waals surface area (Å²) < 4.78 is 10.7. The lowest BCUT2D eigenvalue weighted by Crippen LogP contribution is -2.50. The number of halogens is 2. The molecule has 0 radical (unpaired) electrons. The zero-order valence-electron chi connectivity index (χ0n) is 19.6. The number of hydrazone groups is 1. The Morgan fingerprint density at radius 1 is 1.03 bits per heavy atom. The summed E-state index contributed by atoms with van der Waals surface area (Å²) in [6.45, 7) is 1.54. The van der Waals surface area contributed by atoms with Gasteiger partial charge in [0.15, 0.2) is 17.6 Å². The molecule has 0 heterocycles. The number of carbonyl (C=O) groups is 2. The van der Waals surface area contributed by atoms with Crippen LogP contribution >= 0.6 is 23.2 Å². The van der Waals surface area contributed by atoms with Crippen LogP contribution in [-0.4, -0.2) is 42.4 Å². The number of rotatable bonds is 10. The number of hydrogen-bond donors (Lipinski definition) is 3. The predicted molar refractivity (Wildman–Crippen MR) is 139 cm³/mol. The molecule has 2 amide bonds. The molecule has 0 fully saturated rings. The first-order valence-electron chi connectivity index (χ1n) is 10.9. The molecule has 0 aliphatic heterocycles. The third kappa shape index (κ3) is 7.37. The van der Waals surface area contributed by atoms with Crippen LogP contribution in [0.5, 0.6) is 17.2 Å². The van der Waals surface area contributed by atoms with E-state index in [9.17, 15) is 14.7 Å². The third-order valence-corrected chi connectivity index (χ3v) is 5.64. The Morgan fingerprint density at radius 2 is 1.78 bits per heavy atom. The molecule has 0 saturated heterocycles. The molecular formula is C26H25Cl2N3O5. The lowest BCUT2D eigenvalue weighted by atomic mass is 10.1. The highest BCUT2D eigenvalue weighted by Crippen LogP contribution is 2.29. The van der Waals surface area contributed by atoms with E-state index in [1.807, 2.05) is 30.3 Å². The van der Waals surface area contributed by atoms with Crippen molar-refractivity contribution in [2.24, 2.45) is 5.10 Å². The summed E-state index contributed by atoms with van der Waals surface area (Å²) in [6.07, 6.45) is 0.546. The molecule has 0 aliphatic carbocycles. The normalized spacial score (nSPS) is 12.6. The Bertz CT molecular complexity index is 1240. The van der Waals surface area contributed by atoms with Gasteiger partial charge >= 0.3 is 0 Å². The van der Waals surface area contributed by atoms with Crippen molar-refractivity contribution < 1.29 is 24.2 Å². The van der Waals surface area contributed by atoms with Crippen molar-refractivity contribution in [3.8, 4) is 17.2 Å². The van der Waals surface area contributed by atoms with Crippen LogP contribution in [0.2, 0.25) is 10.0 Å². The van der Waals surface area contributed by atoms with Crippen molar-refractivity contribution in [1.82, 2.24) is 10.7 Å². The standard InChI is InChI=1S/C26H25Cl2N3O5/c1-16(36-22-12-11-19(27)14-20(22)28)25(33)30-21(13-17-7-4-3-5-8-17)26(34)31-29-15-18-9-6-10-23(35-2)24(18)32/h3-12,14-16,21,32H,13H2,1-2H3,(H,30,33)(H,31,34)/b29-15-/t16-,21-/m1/s1. The fraction of sp³-hybridized carbons (Fsp3) is 0.192. The second-order valence-corrected chi connectivity index (χ2v) is 8.56. The van der Waals surface area contributed by atoms with E-state index >= 15 is 0 Å². The molecule has 36 heavy (non-hydrogen) atoms. The van der Waals surface area contributed by atoms with Crippen LogP contribution in [0.15, 0.2) is 71.8 Å². The number of benzene rings is 3. The number of phenolic OH excluding ortho intramolecular Hbond substituents is 1. The SMILES string of the molecule is COc1cccc(/C=N\NC(=O)[C@@H](Cc2ccccc2)NC(=O)[C@@H](C)Oc2ccc(Cl)cc2Cl)c1O. The highest BCUT2D eigenvalue weighted by molar-refractivity contribution is 6.35. The Hall–Kier alpha value is -3.75. The zero-order valence-corrected chi connectivity index (χ0v) is 21.1. The molecule has 3 N–H and O–H groups in total. The molecule has 0 saturated carbocycles. The first-order chi connectivity index (χ1) is 17.3. The van der Waals surface area contributed by atoms with Gasteiger partial charge in [-0.05, 0) is 42.8 Å². The van der Waals surface area contributed by atoms with Crippen LogP contribution in [0, 0.1) is 0 Å². The first-order valence-corrected chi connectivity index (χ1v) is 11.7. The van der Waals surface area contributed by atoms with Crippen LogP contribution in [0.4, 0.5) is 0 Å². The lowest BCUT2D eigenvalue weighted by molar-refractivity contribution is -0.132. The monoisotopic (exact) mass is 529 g/mol. The summed E-state index contributed by atoms with van der Waals surface area (Å²) in [7, 11) is 1.43. The van der Waals surface area contributed by atoms with Gasteiger partial charge in [-0.2, -0.15) is 5.10 Å². The molecule has 0 aliphatic rings. The number of carbonyl (C=O) groups excluding carboxylic acids is 2. The Kier molecular flexibility index (Phi) is 9.55. The van der Waals surface area contributed by atoms with Crippen LogP contribution in [-0.2, 0) is 16.0 Å². The minimum absolute atomic E-state index is 0.112. The predicted octanol–water partition coefficient (Wildman–Crippen LogP) is 4.35. The minimum atomic E-state index is -0.956. The molecule has 0 unspecified atom stereocenters. The van der Waals surface area contributed by atoms with Crippen LogP contribution in [0.3, 0.4) is 0 Å². The van der Waals surface area contributed by atoms with Gasteiger partial charge in [0.2, 0.25) is 0 Å². The number of ether oxygens (including phenoxy) is 2. The first kappa shape index (κ1) is 26.8. The second-order valence-electron chi connectivity index (χ2n) is 7.72. The molecule has 10 heteroatoms. The molecule has 3 aromatic carbocycles. The van der Waals surface area contributed by atoms with E-state index < -0.39 is 24.0 Å². The molecule has 3 rings (SSSR count). The van der Waals surface area contributed by atoms with E-state index in [-0.39, 0.29) is 28.7 Å². The van der Waals surface area contributed by atoms with Crippen LogP contribution in [0.1, 0.15) is 18.1 Å². The van der Waals surface area contributed by atoms with Gasteiger partial charge in [-0.3, -0.25) is 9.59 Å². The average molecular weight is 530 g/mol. The van der Waals surface area contributed by atoms with Gasteiger partial charge in [-0.15, -0.1) is 0 Å². The van der Waals surface area contributed by atoms with Gasteiger partial charge in [-0.1, -0.05) is 59.6 Å². The minimum Gasteiger partial charge on any atom is -0.504 e. The van der Waals surface area contributed by atoms with Gasteiger partial charge in [0.05, 0.1) is 18.3 Å². The number of nitrogens with zero attached hydrogens (tertiary/aromatic N) is 1. The number of methoxy groups -OCH3 is 1. The van der Waals surface area contributed by atoms with E-state index in [4.69, 9.17) is 32.7 Å². The van der Waals surface area contributed by atoms with E-state index in [0.29, 0.717) is 10.6 Å². The maximum absolute atomic E-state index is 13.0. The van der Waals surface area contributed by atoms with E-state index in [1.54, 1.807) is 37.3 Å². The lowest BCUT2D eigenvalue weighted by Gasteiger charge is -2.21. The zero-order chi connectivity index (χ0) is 26.1. The quantitative estimate of drug-likeness (QED) is 0.267. The average Bonchev–Trinajstić information content (AvgIpc) is 2.86. The van der Waals surface area contributed by atoms with Crippen LogP contribution in [0.25, 0.3) is 0 Å². The molecule has 2 atom stereocenters. The van der Waals surface area contributed by atoms with Gasteiger partial charge in [0.25, 0.3) is 11.8 Å². The van der Waals surface area contributed by atoms with Crippen molar-refractivity contribution in [2.75, 3.05) is 7.11 Å². The molecule has 8 nitrogen and oxygen atoms in total. The highest BCUT2D eigenvalue weighted by atomic mass is 35.5.